The largest absolute Gasteiger partial charge is 0.481 e. The van der Waals surface area contributed by atoms with E-state index in [1.54, 1.807) is 12.1 Å². The molecule has 0 N–H and O–H groups in total. The smallest absolute Gasteiger partial charge is 0.375 e. The molecule has 0 spiro atoms. The molecule has 1 atom stereocenters. The minimum Gasteiger partial charge on any atom is -0.481 e. The fourth-order valence-corrected chi connectivity index (χ4v) is 5.39. The number of halogens is 1. The van der Waals surface area contributed by atoms with Crippen LogP contribution in [0.25, 0.3) is 0 Å². The summed E-state index contributed by atoms with van der Waals surface area (Å²) in [6, 6.07) is 13.0. The summed E-state index contributed by atoms with van der Waals surface area (Å²) >= 11 is 6.41. The number of hydrogen-bond donors (Lipinski definition) is 0. The average molecular weight is 663 g/mol. The number of methoxy groups -OCH3 is 4. The van der Waals surface area contributed by atoms with Gasteiger partial charge in [0.25, 0.3) is 0 Å². The summed E-state index contributed by atoms with van der Waals surface area (Å²) in [6.45, 7) is 0. The summed E-state index contributed by atoms with van der Waals surface area (Å²) in [4.78, 5) is 30.7. The molecule has 45 heavy (non-hydrogen) atoms. The first-order valence-electron chi connectivity index (χ1n) is 12.8. The molecule has 0 fully saturated rings. The van der Waals surface area contributed by atoms with Gasteiger partial charge in [0.05, 0.1) is 40.6 Å². The van der Waals surface area contributed by atoms with Crippen LogP contribution >= 0.6 is 19.2 Å². The Hall–Kier alpha value is -4.69. The molecule has 0 aliphatic rings. The Balaban J connectivity index is 1.86. The lowest BCUT2D eigenvalue weighted by molar-refractivity contribution is 0.0376. The molecule has 0 amide bonds. The molecule has 17 heteroatoms. The van der Waals surface area contributed by atoms with Gasteiger partial charge >= 0.3 is 25.6 Å². The predicted molar refractivity (Wildman–Crippen MR) is 158 cm³/mol. The first-order chi connectivity index (χ1) is 21.7. The second kappa shape index (κ2) is 14.9. The molecule has 4 rings (SSSR count). The van der Waals surface area contributed by atoms with Crippen LogP contribution in [0.4, 0.5) is 0 Å². The van der Waals surface area contributed by atoms with Gasteiger partial charge in [0, 0.05) is 24.8 Å². The van der Waals surface area contributed by atoms with Crippen LogP contribution in [-0.2, 0) is 18.3 Å². The van der Waals surface area contributed by atoms with E-state index >= 15 is 0 Å². The maximum absolute atomic E-state index is 14.1. The van der Waals surface area contributed by atoms with E-state index in [4.69, 9.17) is 53.8 Å². The topological polar surface area (TPSA) is 169 Å². The van der Waals surface area contributed by atoms with Crippen LogP contribution in [0.3, 0.4) is 0 Å². The second-order valence-electron chi connectivity index (χ2n) is 8.49. The maximum Gasteiger partial charge on any atom is 0.375 e. The van der Waals surface area contributed by atoms with Crippen molar-refractivity contribution in [1.29, 1.82) is 0 Å². The van der Waals surface area contributed by atoms with Gasteiger partial charge in [-0.2, -0.15) is 19.9 Å². The lowest BCUT2D eigenvalue weighted by atomic mass is 10.1. The molecular weight excluding hydrogens is 635 g/mol. The zero-order chi connectivity index (χ0) is 32.6. The molecule has 1 unspecified atom stereocenters. The van der Waals surface area contributed by atoms with E-state index in [2.05, 4.69) is 19.9 Å². The van der Waals surface area contributed by atoms with E-state index in [-0.39, 0.29) is 63.2 Å². The highest BCUT2D eigenvalue weighted by atomic mass is 35.5. The first-order valence-corrected chi connectivity index (χ1v) is 14.8. The number of hydrogen-bond acceptors (Lipinski definition) is 15. The molecule has 0 radical (unpaired) electrons. The van der Waals surface area contributed by atoms with Crippen molar-refractivity contribution < 1.29 is 51.6 Å². The predicted octanol–water partition coefficient (Wildman–Crippen LogP) is 5.88. The van der Waals surface area contributed by atoms with Crippen molar-refractivity contribution in [2.45, 2.75) is 5.85 Å². The van der Waals surface area contributed by atoms with Crippen molar-refractivity contribution >= 4 is 25.2 Å². The Bertz CT molecular complexity index is 1580. The van der Waals surface area contributed by atoms with Crippen molar-refractivity contribution in [3.63, 3.8) is 0 Å². The number of aromatic nitrogens is 4. The second-order valence-corrected chi connectivity index (χ2v) is 11.2. The lowest BCUT2D eigenvalue weighted by Gasteiger charge is -2.25. The van der Waals surface area contributed by atoms with Crippen molar-refractivity contribution in [3.05, 3.63) is 70.7 Å². The fraction of sp³-hybridized carbons (Fsp3) is 0.250. The van der Waals surface area contributed by atoms with Crippen LogP contribution in [0.1, 0.15) is 21.8 Å². The number of carbonyl (C=O) groups excluding carboxylic acids is 1. The van der Waals surface area contributed by atoms with E-state index < -0.39 is 19.4 Å². The van der Waals surface area contributed by atoms with Gasteiger partial charge in [0.2, 0.25) is 29.4 Å². The number of benzene rings is 2. The van der Waals surface area contributed by atoms with Crippen molar-refractivity contribution in [2.24, 2.45) is 0 Å². The number of nitrogens with zero attached hydrogens (tertiary/aromatic N) is 4. The van der Waals surface area contributed by atoms with Crippen molar-refractivity contribution in [2.75, 3.05) is 42.7 Å². The molecule has 0 bridgehead atoms. The summed E-state index contributed by atoms with van der Waals surface area (Å²) in [7, 11) is 3.72. The van der Waals surface area contributed by atoms with Crippen LogP contribution < -0.4 is 28.4 Å². The fourth-order valence-electron chi connectivity index (χ4n) is 3.76. The van der Waals surface area contributed by atoms with E-state index in [0.717, 1.165) is 14.2 Å². The minimum absolute atomic E-state index is 0.116. The molecule has 2 aromatic heterocycles. The Labute approximate surface area is 262 Å². The monoisotopic (exact) mass is 662 g/mol. The van der Waals surface area contributed by atoms with Gasteiger partial charge in [-0.15, -0.1) is 0 Å². The molecular formula is C28H28ClN4O11P. The normalized spacial score (nSPS) is 11.7. The number of carbonyl (C=O) groups is 1. The third-order valence-electron chi connectivity index (χ3n) is 5.93. The van der Waals surface area contributed by atoms with Crippen LogP contribution in [0.5, 0.6) is 47.0 Å². The average Bonchev–Trinajstić information content (AvgIpc) is 3.06. The highest BCUT2D eigenvalue weighted by Crippen LogP contribution is 2.61. The van der Waals surface area contributed by atoms with Gasteiger partial charge in [-0.3, -0.25) is 4.57 Å². The summed E-state index contributed by atoms with van der Waals surface area (Å²) in [5, 5.41) is 0.138. The lowest BCUT2D eigenvalue weighted by Crippen LogP contribution is -2.16. The molecule has 2 heterocycles. The minimum atomic E-state index is -4.15. The molecule has 4 aromatic rings. The van der Waals surface area contributed by atoms with E-state index in [9.17, 15) is 9.36 Å². The zero-order valence-corrected chi connectivity index (χ0v) is 26.5. The molecule has 0 aliphatic carbocycles. The van der Waals surface area contributed by atoms with E-state index in [1.807, 2.05) is 0 Å². The van der Waals surface area contributed by atoms with Gasteiger partial charge in [-0.1, -0.05) is 35.9 Å². The summed E-state index contributed by atoms with van der Waals surface area (Å²) in [5.74, 6) is -2.54. The maximum atomic E-state index is 14.1. The summed E-state index contributed by atoms with van der Waals surface area (Å²) < 4.78 is 62.5. The first kappa shape index (κ1) is 33.2. The van der Waals surface area contributed by atoms with Gasteiger partial charge in [-0.25, -0.2) is 4.79 Å². The molecule has 0 saturated carbocycles. The number of rotatable bonds is 14. The quantitative estimate of drug-likeness (QED) is 0.116. The molecule has 0 aliphatic heterocycles. The summed E-state index contributed by atoms with van der Waals surface area (Å²) in [5.41, 5.74) is -0.161. The van der Waals surface area contributed by atoms with Crippen LogP contribution in [-0.4, -0.2) is 68.6 Å². The van der Waals surface area contributed by atoms with E-state index in [0.29, 0.717) is 0 Å². The van der Waals surface area contributed by atoms with Crippen molar-refractivity contribution in [1.82, 2.24) is 19.9 Å². The highest BCUT2D eigenvalue weighted by Gasteiger charge is 2.41. The van der Waals surface area contributed by atoms with Crippen LogP contribution in [0, 0.1) is 0 Å². The van der Waals surface area contributed by atoms with E-state index in [1.165, 1.54) is 70.9 Å². The van der Waals surface area contributed by atoms with Gasteiger partial charge in [0.15, 0.2) is 0 Å². The SMILES string of the molecule is COc1cc(OC)nc(Oc2cccc(Oc3nc(OC)cc(OC)n3)c2C(=O)OC(c2ccccc2Cl)P(=O)(OC)OC)n1. The third kappa shape index (κ3) is 7.70. The number of esters is 1. The molecule has 238 valence electrons. The third-order valence-corrected chi connectivity index (χ3v) is 8.25. The number of ether oxygens (including phenoxy) is 7. The van der Waals surface area contributed by atoms with Gasteiger partial charge in [0.1, 0.15) is 17.1 Å². The van der Waals surface area contributed by atoms with Crippen LogP contribution in [0.15, 0.2) is 54.6 Å². The Kier molecular flexibility index (Phi) is 11.0. The van der Waals surface area contributed by atoms with Gasteiger partial charge < -0.3 is 42.2 Å². The molecule has 15 nitrogen and oxygen atoms in total. The van der Waals surface area contributed by atoms with Crippen molar-refractivity contribution in [3.8, 4) is 47.0 Å². The Morgan fingerprint density at radius 2 is 1.13 bits per heavy atom. The standard InChI is InChI=1S/C28H28ClN4O11P/c1-36-20-14-21(37-2)31-27(30-20)42-18-12-9-13-19(43-28-32-22(38-3)15-23(33-28)39-4)24(18)25(34)44-26(45(35,40-5)41-6)16-10-7-8-11-17(16)29/h7-15,26H,1-6H3. The summed E-state index contributed by atoms with van der Waals surface area (Å²) in [6.07, 6.45) is 0. The Morgan fingerprint density at radius 1 is 0.689 bits per heavy atom. The van der Waals surface area contributed by atoms with Crippen LogP contribution in [0.2, 0.25) is 5.02 Å². The van der Waals surface area contributed by atoms with Gasteiger partial charge in [-0.05, 0) is 18.2 Å². The Morgan fingerprint density at radius 3 is 1.53 bits per heavy atom. The molecule has 0 saturated heterocycles. The molecule has 2 aromatic carbocycles. The highest BCUT2D eigenvalue weighted by molar-refractivity contribution is 7.54. The zero-order valence-electron chi connectivity index (χ0n) is 24.9.